The van der Waals surface area contributed by atoms with E-state index in [9.17, 15) is 4.79 Å². The summed E-state index contributed by atoms with van der Waals surface area (Å²) in [7, 11) is 0. The molecule has 1 aromatic carbocycles. The van der Waals surface area contributed by atoms with Crippen molar-refractivity contribution in [3.8, 4) is 0 Å². The van der Waals surface area contributed by atoms with E-state index in [1.807, 2.05) is 38.1 Å². The fourth-order valence-electron chi connectivity index (χ4n) is 4.50. The molecule has 0 saturated carbocycles. The number of rotatable bonds is 4. The molecule has 2 fully saturated rings. The topological polar surface area (TPSA) is 32.8 Å². The number of carbonyl (C=O) groups is 1. The van der Waals surface area contributed by atoms with E-state index in [4.69, 9.17) is 16.3 Å². The van der Waals surface area contributed by atoms with Crippen LogP contribution in [0.5, 0.6) is 0 Å². The minimum absolute atomic E-state index is 0.219. The lowest BCUT2D eigenvalue weighted by Gasteiger charge is -2.41. The number of carbonyl (C=O) groups excluding carboxylic acids is 1. The molecule has 2 aliphatic heterocycles. The van der Waals surface area contributed by atoms with Gasteiger partial charge in [0.05, 0.1) is 17.6 Å². The zero-order valence-corrected chi connectivity index (χ0v) is 17.8. The Kier molecular flexibility index (Phi) is 6.50. The highest BCUT2D eigenvalue weighted by Gasteiger charge is 2.36. The molecule has 0 aromatic heterocycles. The van der Waals surface area contributed by atoms with Crippen LogP contribution in [0.25, 0.3) is 0 Å². The van der Waals surface area contributed by atoms with Crippen LogP contribution in [0.15, 0.2) is 24.3 Å². The zero-order valence-electron chi connectivity index (χ0n) is 17.1. The normalized spacial score (nSPS) is 25.6. The Morgan fingerprint density at radius 1 is 1.11 bits per heavy atom. The first-order valence-electron chi connectivity index (χ1n) is 10.2. The second-order valence-electron chi connectivity index (χ2n) is 8.84. The highest BCUT2D eigenvalue weighted by atomic mass is 35.5. The first kappa shape index (κ1) is 20.6. The maximum absolute atomic E-state index is 13.2. The van der Waals surface area contributed by atoms with Crippen LogP contribution in [0.2, 0.25) is 5.02 Å². The van der Waals surface area contributed by atoms with Gasteiger partial charge in [0, 0.05) is 37.7 Å². The van der Waals surface area contributed by atoms with Crippen molar-refractivity contribution in [2.45, 2.75) is 58.2 Å². The third kappa shape index (κ3) is 5.04. The van der Waals surface area contributed by atoms with Gasteiger partial charge in [0.2, 0.25) is 5.91 Å². The van der Waals surface area contributed by atoms with Crippen LogP contribution in [0.4, 0.5) is 0 Å². The maximum atomic E-state index is 13.2. The Bertz CT molecular complexity index is 628. The number of benzene rings is 1. The summed E-state index contributed by atoms with van der Waals surface area (Å²) in [6.07, 6.45) is 2.80. The van der Waals surface area contributed by atoms with E-state index in [0.29, 0.717) is 23.1 Å². The molecule has 0 aliphatic carbocycles. The van der Waals surface area contributed by atoms with E-state index in [2.05, 4.69) is 23.6 Å². The van der Waals surface area contributed by atoms with Gasteiger partial charge in [0.25, 0.3) is 0 Å². The number of halogens is 1. The molecule has 2 unspecified atom stereocenters. The van der Waals surface area contributed by atoms with Gasteiger partial charge in [-0.05, 0) is 64.2 Å². The van der Waals surface area contributed by atoms with Crippen LogP contribution >= 0.6 is 11.6 Å². The number of morpholine rings is 1. The van der Waals surface area contributed by atoms with Crippen LogP contribution in [0.1, 0.15) is 46.1 Å². The molecule has 2 aliphatic rings. The molecule has 2 saturated heterocycles. The molecule has 150 valence electrons. The summed E-state index contributed by atoms with van der Waals surface area (Å²) in [5.74, 6) is 0.891. The largest absolute Gasteiger partial charge is 0.373 e. The Labute approximate surface area is 168 Å². The van der Waals surface area contributed by atoms with Crippen LogP contribution in [0, 0.1) is 5.92 Å². The van der Waals surface area contributed by atoms with Gasteiger partial charge in [-0.3, -0.25) is 9.69 Å². The monoisotopic (exact) mass is 392 g/mol. The molecule has 2 heterocycles. The molecule has 2 atom stereocenters. The highest BCUT2D eigenvalue weighted by molar-refractivity contribution is 6.30. The Balaban J connectivity index is 1.53. The molecule has 27 heavy (non-hydrogen) atoms. The van der Waals surface area contributed by atoms with Crippen molar-refractivity contribution in [1.82, 2.24) is 9.80 Å². The first-order valence-corrected chi connectivity index (χ1v) is 10.6. The number of amides is 1. The summed E-state index contributed by atoms with van der Waals surface area (Å²) >= 11 is 6.00. The second-order valence-corrected chi connectivity index (χ2v) is 9.28. The summed E-state index contributed by atoms with van der Waals surface area (Å²) in [5.41, 5.74) is 0.502. The molecule has 4 nitrogen and oxygen atoms in total. The molecule has 0 N–H and O–H groups in total. The summed E-state index contributed by atoms with van der Waals surface area (Å²) in [5, 5.41) is 0.703. The Morgan fingerprint density at radius 3 is 2.22 bits per heavy atom. The van der Waals surface area contributed by atoms with E-state index in [1.54, 1.807) is 0 Å². The SMILES string of the molecule is CC1CN(CC2CCN(C(=O)C(C)(C)c3ccc(Cl)cc3)CC2)CC(C)O1. The average molecular weight is 393 g/mol. The van der Waals surface area contributed by atoms with E-state index < -0.39 is 5.41 Å². The molecular weight excluding hydrogens is 360 g/mol. The minimum Gasteiger partial charge on any atom is -0.373 e. The summed E-state index contributed by atoms with van der Waals surface area (Å²) in [6.45, 7) is 13.2. The smallest absolute Gasteiger partial charge is 0.232 e. The summed E-state index contributed by atoms with van der Waals surface area (Å²) in [4.78, 5) is 17.7. The van der Waals surface area contributed by atoms with Crippen LogP contribution < -0.4 is 0 Å². The van der Waals surface area contributed by atoms with Crippen LogP contribution in [-0.2, 0) is 14.9 Å². The van der Waals surface area contributed by atoms with Gasteiger partial charge >= 0.3 is 0 Å². The molecule has 0 radical (unpaired) electrons. The van der Waals surface area contributed by atoms with Crippen molar-refractivity contribution in [2.24, 2.45) is 5.92 Å². The Morgan fingerprint density at radius 2 is 1.67 bits per heavy atom. The zero-order chi connectivity index (χ0) is 19.6. The van der Waals surface area contributed by atoms with Gasteiger partial charge in [-0.2, -0.15) is 0 Å². The fourth-order valence-corrected chi connectivity index (χ4v) is 4.63. The molecule has 0 bridgehead atoms. The average Bonchev–Trinajstić information content (AvgIpc) is 2.61. The number of nitrogens with zero attached hydrogens (tertiary/aromatic N) is 2. The molecule has 1 amide bonds. The number of likely N-dealkylation sites (tertiary alicyclic amines) is 1. The van der Waals surface area contributed by atoms with E-state index in [1.165, 1.54) is 0 Å². The van der Waals surface area contributed by atoms with E-state index in [0.717, 1.165) is 51.1 Å². The molecule has 1 aromatic rings. The van der Waals surface area contributed by atoms with Gasteiger partial charge in [-0.1, -0.05) is 23.7 Å². The lowest BCUT2D eigenvalue weighted by atomic mass is 9.82. The van der Waals surface area contributed by atoms with Gasteiger partial charge < -0.3 is 9.64 Å². The lowest BCUT2D eigenvalue weighted by molar-refractivity contribution is -0.138. The third-order valence-electron chi connectivity index (χ3n) is 6.01. The minimum atomic E-state index is -0.521. The van der Waals surface area contributed by atoms with Gasteiger partial charge in [-0.15, -0.1) is 0 Å². The van der Waals surface area contributed by atoms with Gasteiger partial charge in [0.15, 0.2) is 0 Å². The third-order valence-corrected chi connectivity index (χ3v) is 6.27. The predicted octanol–water partition coefficient (Wildman–Crippen LogP) is 3.97. The van der Waals surface area contributed by atoms with Gasteiger partial charge in [-0.25, -0.2) is 0 Å². The molecular formula is C22H33ClN2O2. The molecule has 3 rings (SSSR count). The number of hydrogen-bond acceptors (Lipinski definition) is 3. The predicted molar refractivity (Wildman–Crippen MR) is 110 cm³/mol. The van der Waals surface area contributed by atoms with Crippen molar-refractivity contribution in [3.05, 3.63) is 34.9 Å². The number of piperidine rings is 1. The fraction of sp³-hybridized carbons (Fsp3) is 0.682. The second kappa shape index (κ2) is 8.50. The first-order chi connectivity index (χ1) is 12.8. The van der Waals surface area contributed by atoms with Gasteiger partial charge in [0.1, 0.15) is 0 Å². The quantitative estimate of drug-likeness (QED) is 0.777. The molecule has 0 spiro atoms. The van der Waals surface area contributed by atoms with Crippen molar-refractivity contribution in [3.63, 3.8) is 0 Å². The van der Waals surface area contributed by atoms with Crippen LogP contribution in [0.3, 0.4) is 0 Å². The standard InChI is InChI=1S/C22H33ClN2O2/c1-16-13-24(14-17(2)27-16)15-18-9-11-25(12-10-18)21(26)22(3,4)19-5-7-20(23)8-6-19/h5-8,16-18H,9-15H2,1-4H3. The summed E-state index contributed by atoms with van der Waals surface area (Å²) < 4.78 is 5.84. The number of hydrogen-bond donors (Lipinski definition) is 0. The maximum Gasteiger partial charge on any atom is 0.232 e. The Hall–Kier alpha value is -1.10. The highest BCUT2D eigenvalue weighted by Crippen LogP contribution is 2.29. The van der Waals surface area contributed by atoms with E-state index >= 15 is 0 Å². The van der Waals surface area contributed by atoms with E-state index in [-0.39, 0.29) is 5.91 Å². The lowest BCUT2D eigenvalue weighted by Crippen LogP contribution is -2.50. The molecule has 5 heteroatoms. The number of ether oxygens (including phenoxy) is 1. The summed E-state index contributed by atoms with van der Waals surface area (Å²) in [6, 6.07) is 7.66. The van der Waals surface area contributed by atoms with Crippen molar-refractivity contribution in [1.29, 1.82) is 0 Å². The van der Waals surface area contributed by atoms with Crippen molar-refractivity contribution in [2.75, 3.05) is 32.7 Å². The van der Waals surface area contributed by atoms with Crippen molar-refractivity contribution >= 4 is 17.5 Å². The van der Waals surface area contributed by atoms with Crippen LogP contribution in [-0.4, -0.2) is 60.6 Å². The van der Waals surface area contributed by atoms with Crippen molar-refractivity contribution < 1.29 is 9.53 Å².